The van der Waals surface area contributed by atoms with Crippen molar-refractivity contribution in [3.05, 3.63) is 271 Å². The molecule has 65 heavy (non-hydrogen) atoms. The van der Waals surface area contributed by atoms with Crippen LogP contribution in [0.15, 0.2) is 253 Å². The number of fused-ring (bicyclic) bond motifs is 9. The first-order valence-electron chi connectivity index (χ1n) is 22.4. The first-order chi connectivity index (χ1) is 32.3. The summed E-state index contributed by atoms with van der Waals surface area (Å²) in [5, 5.41) is 6.82. The van der Waals surface area contributed by atoms with Crippen LogP contribution in [0.4, 0.5) is 17.1 Å². The van der Waals surface area contributed by atoms with Crippen molar-refractivity contribution in [1.29, 1.82) is 0 Å². The highest BCUT2D eigenvalue weighted by molar-refractivity contribution is 6.23. The molecular weight excluding hydrogens is 787 g/mol. The number of hydrogen-bond donors (Lipinski definition) is 0. The highest BCUT2D eigenvalue weighted by Gasteiger charge is 2.47. The lowest BCUT2D eigenvalue weighted by atomic mass is 9.67. The van der Waals surface area contributed by atoms with Crippen LogP contribution in [-0.2, 0) is 5.41 Å². The molecule has 11 aromatic carbocycles. The maximum Gasteiger partial charge on any atom is 0.143 e. The third-order valence-electron chi connectivity index (χ3n) is 13.7. The van der Waals surface area contributed by atoms with Gasteiger partial charge in [0.2, 0.25) is 0 Å². The Morgan fingerprint density at radius 1 is 0.354 bits per heavy atom. The Morgan fingerprint density at radius 3 is 1.60 bits per heavy atom. The quantitative estimate of drug-likeness (QED) is 0.159. The molecule has 0 fully saturated rings. The molecular formula is C63H41NO. The molecule has 1 aliphatic rings. The summed E-state index contributed by atoms with van der Waals surface area (Å²) < 4.78 is 7.05. The molecule has 2 nitrogen and oxygen atoms in total. The van der Waals surface area contributed by atoms with Crippen molar-refractivity contribution in [2.75, 3.05) is 4.90 Å². The molecule has 13 rings (SSSR count). The van der Waals surface area contributed by atoms with E-state index in [0.717, 1.165) is 60.9 Å². The Hall–Kier alpha value is -8.46. The van der Waals surface area contributed by atoms with Gasteiger partial charge >= 0.3 is 0 Å². The first kappa shape index (κ1) is 37.1. The van der Waals surface area contributed by atoms with Gasteiger partial charge in [-0.25, -0.2) is 0 Å². The van der Waals surface area contributed by atoms with Gasteiger partial charge in [0, 0.05) is 32.9 Å². The van der Waals surface area contributed by atoms with Gasteiger partial charge < -0.3 is 9.32 Å². The van der Waals surface area contributed by atoms with Crippen molar-refractivity contribution in [2.45, 2.75) is 5.41 Å². The third-order valence-corrected chi connectivity index (χ3v) is 13.7. The molecule has 304 valence electrons. The highest BCUT2D eigenvalue weighted by Crippen LogP contribution is 2.60. The number of nitrogens with zero attached hydrogens (tertiary/aromatic N) is 1. The summed E-state index contributed by atoms with van der Waals surface area (Å²) in [6, 6.07) is 90.8. The highest BCUT2D eigenvalue weighted by atomic mass is 16.3. The standard InChI is InChI=1S/C63H41NO/c1-5-23-44(24-6-1)63(45-25-7-2-8-26-45)56-37-18-17-34-53(56)60-54(50-36-19-22-42-21-13-14-31-48(42)50)39-43(40-57(60)63)49-35-20-38-59-61(49)55-41-58(51-32-15-16-33-52(51)62(55)65-59)64(46-27-9-3-10-28-46)47-29-11-4-12-30-47/h1-41H. The second-order valence-electron chi connectivity index (χ2n) is 17.1. The molecule has 0 amide bonds. The molecule has 0 aliphatic heterocycles. The molecule has 2 heteroatoms. The van der Waals surface area contributed by atoms with Crippen LogP contribution in [0.2, 0.25) is 0 Å². The molecule has 1 aromatic heterocycles. The molecule has 0 atom stereocenters. The van der Waals surface area contributed by atoms with Crippen molar-refractivity contribution < 1.29 is 4.42 Å². The fraction of sp³-hybridized carbons (Fsp3) is 0.0159. The number of furan rings is 1. The number of hydrogen-bond acceptors (Lipinski definition) is 2. The van der Waals surface area contributed by atoms with E-state index in [1.54, 1.807) is 0 Å². The number of rotatable bonds is 7. The average molecular weight is 828 g/mol. The van der Waals surface area contributed by atoms with E-state index in [1.165, 1.54) is 55.3 Å². The van der Waals surface area contributed by atoms with Gasteiger partial charge in [-0.1, -0.05) is 200 Å². The van der Waals surface area contributed by atoms with Crippen molar-refractivity contribution in [2.24, 2.45) is 0 Å². The molecule has 1 aliphatic carbocycles. The minimum absolute atomic E-state index is 0.592. The van der Waals surface area contributed by atoms with Crippen LogP contribution in [0.5, 0.6) is 0 Å². The van der Waals surface area contributed by atoms with E-state index in [0.29, 0.717) is 0 Å². The zero-order chi connectivity index (χ0) is 42.9. The van der Waals surface area contributed by atoms with Crippen molar-refractivity contribution in [3.63, 3.8) is 0 Å². The predicted octanol–water partition coefficient (Wildman–Crippen LogP) is 17.1. The maximum absolute atomic E-state index is 7.05. The molecule has 0 saturated carbocycles. The smallest absolute Gasteiger partial charge is 0.143 e. The van der Waals surface area contributed by atoms with E-state index in [2.05, 4.69) is 254 Å². The monoisotopic (exact) mass is 827 g/mol. The van der Waals surface area contributed by atoms with Crippen LogP contribution in [0.3, 0.4) is 0 Å². The van der Waals surface area contributed by atoms with E-state index in [-0.39, 0.29) is 0 Å². The molecule has 0 radical (unpaired) electrons. The fourth-order valence-electron chi connectivity index (χ4n) is 11.0. The van der Waals surface area contributed by atoms with Crippen LogP contribution < -0.4 is 4.90 Å². The van der Waals surface area contributed by atoms with Gasteiger partial charge in [-0.15, -0.1) is 0 Å². The molecule has 12 aromatic rings. The number of anilines is 3. The Bertz CT molecular complexity index is 3680. The average Bonchev–Trinajstić information content (AvgIpc) is 3.91. The topological polar surface area (TPSA) is 16.4 Å². The summed E-state index contributed by atoms with van der Waals surface area (Å²) in [5.41, 5.74) is 16.7. The number of benzene rings is 11. The van der Waals surface area contributed by atoms with Crippen molar-refractivity contribution in [1.82, 2.24) is 0 Å². The Balaban J connectivity index is 1.17. The molecule has 1 heterocycles. The summed E-state index contributed by atoms with van der Waals surface area (Å²) in [4.78, 5) is 2.38. The van der Waals surface area contributed by atoms with Gasteiger partial charge in [-0.2, -0.15) is 0 Å². The van der Waals surface area contributed by atoms with Gasteiger partial charge in [0.15, 0.2) is 0 Å². The van der Waals surface area contributed by atoms with Gasteiger partial charge in [-0.05, 0) is 115 Å². The summed E-state index contributed by atoms with van der Waals surface area (Å²) in [5.74, 6) is 0. The summed E-state index contributed by atoms with van der Waals surface area (Å²) in [7, 11) is 0. The molecule has 0 unspecified atom stereocenters. The zero-order valence-corrected chi connectivity index (χ0v) is 35.5. The van der Waals surface area contributed by atoms with Crippen LogP contribution in [0.25, 0.3) is 76.9 Å². The maximum atomic E-state index is 7.05. The molecule has 0 saturated heterocycles. The molecule has 0 bridgehead atoms. The van der Waals surface area contributed by atoms with Crippen LogP contribution in [-0.4, -0.2) is 0 Å². The van der Waals surface area contributed by atoms with Crippen molar-refractivity contribution in [3.8, 4) is 33.4 Å². The van der Waals surface area contributed by atoms with Gasteiger partial charge in [-0.3, -0.25) is 0 Å². The SMILES string of the molecule is c1ccc(N(c2ccccc2)c2cc3c(oc4cccc(-c5cc(-c6cccc7ccccc67)c6c(c5)C(c5ccccc5)(c5ccccc5)c5ccccc5-6)c43)c3ccccc23)cc1. The summed E-state index contributed by atoms with van der Waals surface area (Å²) in [6.07, 6.45) is 0. The predicted molar refractivity (Wildman–Crippen MR) is 272 cm³/mol. The second-order valence-corrected chi connectivity index (χ2v) is 17.1. The Labute approximate surface area is 377 Å². The van der Waals surface area contributed by atoms with Gasteiger partial charge in [0.1, 0.15) is 11.2 Å². The minimum atomic E-state index is -0.592. The lowest BCUT2D eigenvalue weighted by Gasteiger charge is -2.34. The minimum Gasteiger partial charge on any atom is -0.455 e. The van der Waals surface area contributed by atoms with Crippen LogP contribution >= 0.6 is 0 Å². The second kappa shape index (κ2) is 14.8. The molecule has 0 spiro atoms. The van der Waals surface area contributed by atoms with Crippen molar-refractivity contribution >= 4 is 60.5 Å². The normalized spacial score (nSPS) is 12.7. The Kier molecular flexibility index (Phi) is 8.47. The third kappa shape index (κ3) is 5.60. The van der Waals surface area contributed by atoms with E-state index in [4.69, 9.17) is 4.42 Å². The van der Waals surface area contributed by atoms with E-state index >= 15 is 0 Å². The van der Waals surface area contributed by atoms with Gasteiger partial charge in [0.05, 0.1) is 11.1 Å². The van der Waals surface area contributed by atoms with E-state index in [1.807, 2.05) is 0 Å². The fourth-order valence-corrected chi connectivity index (χ4v) is 11.0. The zero-order valence-electron chi connectivity index (χ0n) is 35.5. The number of para-hydroxylation sites is 2. The van der Waals surface area contributed by atoms with Gasteiger partial charge in [0.25, 0.3) is 0 Å². The first-order valence-corrected chi connectivity index (χ1v) is 22.4. The lowest BCUT2D eigenvalue weighted by Crippen LogP contribution is -2.28. The summed E-state index contributed by atoms with van der Waals surface area (Å²) in [6.45, 7) is 0. The summed E-state index contributed by atoms with van der Waals surface area (Å²) >= 11 is 0. The molecule has 0 N–H and O–H groups in total. The van der Waals surface area contributed by atoms with E-state index in [9.17, 15) is 0 Å². The van der Waals surface area contributed by atoms with E-state index < -0.39 is 5.41 Å². The van der Waals surface area contributed by atoms with Crippen LogP contribution in [0, 0.1) is 0 Å². The lowest BCUT2D eigenvalue weighted by molar-refractivity contribution is 0.673. The largest absolute Gasteiger partial charge is 0.455 e. The Morgan fingerprint density at radius 2 is 0.892 bits per heavy atom. The van der Waals surface area contributed by atoms with Crippen LogP contribution in [0.1, 0.15) is 22.3 Å².